The zero-order valence-corrected chi connectivity index (χ0v) is 12.7. The Morgan fingerprint density at radius 1 is 1.20 bits per heavy atom. The molecule has 0 unspecified atom stereocenters. The van der Waals surface area contributed by atoms with E-state index in [1.165, 1.54) is 12.3 Å². The van der Waals surface area contributed by atoms with Crippen LogP contribution in [0.15, 0.2) is 40.0 Å². The molecule has 0 aliphatic rings. The molecule has 0 bridgehead atoms. The molecule has 106 valence electrons. The number of hydrogen-bond donors (Lipinski definition) is 1. The number of sulfonamides is 1. The normalized spacial score (nSPS) is 11.4. The van der Waals surface area contributed by atoms with Gasteiger partial charge < -0.3 is 0 Å². The van der Waals surface area contributed by atoms with Gasteiger partial charge in [-0.1, -0.05) is 11.6 Å². The minimum Gasteiger partial charge on any atom is -0.275 e. The number of pyridine rings is 1. The maximum atomic E-state index is 13.6. The molecule has 0 aliphatic carbocycles. The van der Waals surface area contributed by atoms with Crippen LogP contribution in [0.5, 0.6) is 0 Å². The van der Waals surface area contributed by atoms with Gasteiger partial charge in [-0.3, -0.25) is 9.71 Å². The topological polar surface area (TPSA) is 59.1 Å². The van der Waals surface area contributed by atoms with Crippen molar-refractivity contribution in [2.75, 3.05) is 4.72 Å². The number of benzene rings is 1. The highest BCUT2D eigenvalue weighted by molar-refractivity contribution is 9.10. The lowest BCUT2D eigenvalue weighted by Crippen LogP contribution is -2.14. The quantitative estimate of drug-likeness (QED) is 0.881. The standard InChI is InChI=1S/C11H6BrClF2N2O2S/c12-6-1-8(5-16-4-6)20(18,19)17-11-9(13)2-7(14)3-10(11)15/h1-5,17H. The van der Waals surface area contributed by atoms with E-state index in [0.717, 1.165) is 12.3 Å². The summed E-state index contributed by atoms with van der Waals surface area (Å²) in [7, 11) is -4.08. The minimum atomic E-state index is -4.08. The number of halogens is 4. The highest BCUT2D eigenvalue weighted by Crippen LogP contribution is 2.28. The fraction of sp³-hybridized carbons (Fsp3) is 0. The molecule has 0 radical (unpaired) electrons. The lowest BCUT2D eigenvalue weighted by atomic mass is 10.3. The summed E-state index contributed by atoms with van der Waals surface area (Å²) in [6.07, 6.45) is 2.48. The third-order valence-corrected chi connectivity index (χ3v) is 4.28. The Kier molecular flexibility index (Phi) is 4.26. The molecule has 0 aliphatic heterocycles. The van der Waals surface area contributed by atoms with Gasteiger partial charge in [-0.05, 0) is 28.1 Å². The van der Waals surface area contributed by atoms with Crippen molar-refractivity contribution >= 4 is 43.2 Å². The fourth-order valence-corrected chi connectivity index (χ4v) is 3.26. The lowest BCUT2D eigenvalue weighted by molar-refractivity contribution is 0.583. The van der Waals surface area contributed by atoms with Crippen molar-refractivity contribution in [3.8, 4) is 0 Å². The Morgan fingerprint density at radius 3 is 2.50 bits per heavy atom. The maximum absolute atomic E-state index is 13.6. The van der Waals surface area contributed by atoms with Crippen molar-refractivity contribution in [2.24, 2.45) is 0 Å². The monoisotopic (exact) mass is 382 g/mol. The lowest BCUT2D eigenvalue weighted by Gasteiger charge is -2.10. The summed E-state index contributed by atoms with van der Waals surface area (Å²) in [5.74, 6) is -2.01. The predicted octanol–water partition coefficient (Wildman–Crippen LogP) is 3.58. The second kappa shape index (κ2) is 5.63. The van der Waals surface area contributed by atoms with E-state index >= 15 is 0 Å². The second-order valence-electron chi connectivity index (χ2n) is 3.69. The molecule has 20 heavy (non-hydrogen) atoms. The highest BCUT2D eigenvalue weighted by Gasteiger charge is 2.20. The summed E-state index contributed by atoms with van der Waals surface area (Å²) in [5.41, 5.74) is -0.520. The van der Waals surface area contributed by atoms with E-state index < -0.39 is 27.3 Å². The molecule has 2 rings (SSSR count). The fourth-order valence-electron chi connectivity index (χ4n) is 1.37. The number of rotatable bonds is 3. The first kappa shape index (κ1) is 15.1. The van der Waals surface area contributed by atoms with Gasteiger partial charge in [0.25, 0.3) is 10.0 Å². The molecular formula is C11H6BrClF2N2O2S. The number of anilines is 1. The molecule has 2 aromatic rings. The van der Waals surface area contributed by atoms with E-state index in [-0.39, 0.29) is 9.92 Å². The van der Waals surface area contributed by atoms with Gasteiger partial charge in [-0.15, -0.1) is 0 Å². The van der Waals surface area contributed by atoms with Crippen molar-refractivity contribution in [1.29, 1.82) is 0 Å². The average molecular weight is 384 g/mol. The smallest absolute Gasteiger partial charge is 0.263 e. The van der Waals surface area contributed by atoms with Gasteiger partial charge in [0.1, 0.15) is 16.4 Å². The van der Waals surface area contributed by atoms with Crippen LogP contribution in [0.2, 0.25) is 5.02 Å². The molecule has 0 fully saturated rings. The molecule has 4 nitrogen and oxygen atoms in total. The van der Waals surface area contributed by atoms with Gasteiger partial charge in [0.15, 0.2) is 5.82 Å². The summed E-state index contributed by atoms with van der Waals surface area (Å²) >= 11 is 8.70. The molecule has 0 atom stereocenters. The van der Waals surface area contributed by atoms with E-state index in [1.54, 1.807) is 0 Å². The van der Waals surface area contributed by atoms with E-state index in [9.17, 15) is 17.2 Å². The number of aromatic nitrogens is 1. The first-order valence-corrected chi connectivity index (χ1v) is 7.73. The Morgan fingerprint density at radius 2 is 1.90 bits per heavy atom. The molecular weight excluding hydrogens is 378 g/mol. The van der Waals surface area contributed by atoms with Crippen molar-refractivity contribution in [3.05, 3.63) is 51.7 Å². The summed E-state index contributed by atoms with van der Waals surface area (Å²) in [4.78, 5) is 3.51. The molecule has 1 aromatic heterocycles. The molecule has 1 aromatic carbocycles. The van der Waals surface area contributed by atoms with Crippen LogP contribution >= 0.6 is 27.5 Å². The van der Waals surface area contributed by atoms with Crippen LogP contribution in [0.3, 0.4) is 0 Å². The zero-order valence-electron chi connectivity index (χ0n) is 9.57. The Balaban J connectivity index is 2.44. The van der Waals surface area contributed by atoms with Crippen molar-refractivity contribution in [2.45, 2.75) is 4.90 Å². The molecule has 0 saturated heterocycles. The number of hydrogen-bond acceptors (Lipinski definition) is 3. The van der Waals surface area contributed by atoms with Crippen LogP contribution in [0.1, 0.15) is 0 Å². The molecule has 1 N–H and O–H groups in total. The Labute approximate surface area is 127 Å². The van der Waals surface area contributed by atoms with Crippen LogP contribution < -0.4 is 4.72 Å². The Bertz CT molecular complexity index is 748. The first-order chi connectivity index (χ1) is 9.29. The molecule has 0 saturated carbocycles. The summed E-state index contributed by atoms with van der Waals surface area (Å²) in [6, 6.07) is 2.62. The largest absolute Gasteiger partial charge is 0.275 e. The predicted molar refractivity (Wildman–Crippen MR) is 74.1 cm³/mol. The van der Waals surface area contributed by atoms with Crippen LogP contribution in [0.25, 0.3) is 0 Å². The number of nitrogens with one attached hydrogen (secondary N) is 1. The summed E-state index contributed by atoms with van der Waals surface area (Å²) in [5, 5.41) is -0.381. The van der Waals surface area contributed by atoms with Crippen LogP contribution in [0, 0.1) is 11.6 Å². The average Bonchev–Trinajstić information content (AvgIpc) is 2.34. The van der Waals surface area contributed by atoms with Gasteiger partial charge in [0.2, 0.25) is 0 Å². The number of nitrogens with zero attached hydrogens (tertiary/aromatic N) is 1. The molecule has 1 heterocycles. The molecule has 0 amide bonds. The van der Waals surface area contributed by atoms with E-state index in [1.807, 2.05) is 4.72 Å². The zero-order chi connectivity index (χ0) is 14.9. The SMILES string of the molecule is O=S(=O)(Nc1c(F)cc(F)cc1Cl)c1cncc(Br)c1. The molecule has 0 spiro atoms. The van der Waals surface area contributed by atoms with E-state index in [4.69, 9.17) is 11.6 Å². The third kappa shape index (κ3) is 3.25. The Hall–Kier alpha value is -1.25. The van der Waals surface area contributed by atoms with Gasteiger partial charge in [0, 0.05) is 22.9 Å². The highest BCUT2D eigenvalue weighted by atomic mass is 79.9. The molecule has 9 heteroatoms. The summed E-state index contributed by atoms with van der Waals surface area (Å²) in [6.45, 7) is 0. The van der Waals surface area contributed by atoms with Crippen molar-refractivity contribution in [1.82, 2.24) is 4.98 Å². The van der Waals surface area contributed by atoms with Gasteiger partial charge in [-0.2, -0.15) is 0 Å². The van der Waals surface area contributed by atoms with Crippen molar-refractivity contribution in [3.63, 3.8) is 0 Å². The second-order valence-corrected chi connectivity index (χ2v) is 6.69. The third-order valence-electron chi connectivity index (χ3n) is 2.23. The summed E-state index contributed by atoms with van der Waals surface area (Å²) < 4.78 is 53.0. The van der Waals surface area contributed by atoms with Crippen LogP contribution in [-0.2, 0) is 10.0 Å². The first-order valence-electron chi connectivity index (χ1n) is 5.07. The minimum absolute atomic E-state index is 0.188. The van der Waals surface area contributed by atoms with E-state index in [2.05, 4.69) is 20.9 Å². The van der Waals surface area contributed by atoms with Crippen molar-refractivity contribution < 1.29 is 17.2 Å². The van der Waals surface area contributed by atoms with Gasteiger partial charge >= 0.3 is 0 Å². The van der Waals surface area contributed by atoms with Crippen LogP contribution in [0.4, 0.5) is 14.5 Å². The van der Waals surface area contributed by atoms with Gasteiger partial charge in [-0.25, -0.2) is 17.2 Å². The van der Waals surface area contributed by atoms with E-state index in [0.29, 0.717) is 10.5 Å². The van der Waals surface area contributed by atoms with Crippen LogP contribution in [-0.4, -0.2) is 13.4 Å². The van der Waals surface area contributed by atoms with Gasteiger partial charge in [0.05, 0.1) is 5.02 Å². The maximum Gasteiger partial charge on any atom is 0.263 e.